The van der Waals surface area contributed by atoms with Gasteiger partial charge in [0.1, 0.15) is 0 Å². The Morgan fingerprint density at radius 1 is 0.885 bits per heavy atom. The molecule has 4 heteroatoms. The number of urea groups is 1. The summed E-state index contributed by atoms with van der Waals surface area (Å²) in [6.07, 6.45) is 6.42. The molecule has 1 heterocycles. The highest BCUT2D eigenvalue weighted by Crippen LogP contribution is 2.43. The maximum absolute atomic E-state index is 13.5. The van der Waals surface area contributed by atoms with Crippen LogP contribution in [0.25, 0.3) is 0 Å². The quantitative estimate of drug-likeness (QED) is 0.575. The molecule has 0 N–H and O–H groups in total. The van der Waals surface area contributed by atoms with E-state index in [0.717, 1.165) is 44.9 Å². The first-order chi connectivity index (χ1) is 12.6. The Labute approximate surface area is 158 Å². The van der Waals surface area contributed by atoms with Gasteiger partial charge in [0, 0.05) is 6.54 Å². The van der Waals surface area contributed by atoms with Gasteiger partial charge in [0.05, 0.1) is 17.1 Å². The summed E-state index contributed by atoms with van der Waals surface area (Å²) in [5.74, 6) is -0.144. The molecular weight excluding hydrogens is 324 g/mol. The van der Waals surface area contributed by atoms with Crippen molar-refractivity contribution in [2.45, 2.75) is 78.2 Å². The van der Waals surface area contributed by atoms with E-state index in [0.29, 0.717) is 12.2 Å². The summed E-state index contributed by atoms with van der Waals surface area (Å²) < 4.78 is 0. The number of benzene rings is 1. The Balaban J connectivity index is 2.58. The van der Waals surface area contributed by atoms with Crippen molar-refractivity contribution in [2.24, 2.45) is 5.92 Å². The van der Waals surface area contributed by atoms with Gasteiger partial charge in [0.25, 0.3) is 0 Å². The maximum atomic E-state index is 13.5. The fraction of sp³-hybridized carbons (Fsp3) is 0.636. The molecule has 1 aromatic carbocycles. The summed E-state index contributed by atoms with van der Waals surface area (Å²) in [6, 6.07) is 9.25. The van der Waals surface area contributed by atoms with Crippen LogP contribution in [0.4, 0.5) is 10.5 Å². The van der Waals surface area contributed by atoms with Crippen LogP contribution in [0.3, 0.4) is 0 Å². The fourth-order valence-electron chi connectivity index (χ4n) is 4.63. The lowest BCUT2D eigenvalue weighted by Crippen LogP contribution is -2.69. The summed E-state index contributed by atoms with van der Waals surface area (Å²) in [5, 5.41) is 0. The molecule has 1 aromatic rings. The van der Waals surface area contributed by atoms with Crippen molar-refractivity contribution < 1.29 is 9.59 Å². The molecule has 0 radical (unpaired) electrons. The highest BCUT2D eigenvalue weighted by atomic mass is 16.2. The number of rotatable bonds is 9. The SMILES string of the molecule is CCCC1C(=O)N(c2ccccc2)C(=O)N(CCC)C1(CCC)CCC. The molecule has 1 atom stereocenters. The maximum Gasteiger partial charge on any atom is 0.331 e. The third-order valence-electron chi connectivity index (χ3n) is 5.53. The molecule has 26 heavy (non-hydrogen) atoms. The van der Waals surface area contributed by atoms with Gasteiger partial charge in [-0.2, -0.15) is 0 Å². The van der Waals surface area contributed by atoms with Gasteiger partial charge < -0.3 is 4.90 Å². The van der Waals surface area contributed by atoms with E-state index in [1.807, 2.05) is 35.2 Å². The highest BCUT2D eigenvalue weighted by Gasteiger charge is 2.54. The molecule has 0 saturated carbocycles. The first-order valence-corrected chi connectivity index (χ1v) is 10.3. The lowest BCUT2D eigenvalue weighted by atomic mass is 9.71. The molecule has 1 aliphatic heterocycles. The van der Waals surface area contributed by atoms with Gasteiger partial charge in [0.2, 0.25) is 5.91 Å². The van der Waals surface area contributed by atoms with Crippen molar-refractivity contribution in [1.82, 2.24) is 4.90 Å². The number of para-hydroxylation sites is 1. The molecule has 144 valence electrons. The van der Waals surface area contributed by atoms with Crippen molar-refractivity contribution in [3.63, 3.8) is 0 Å². The molecule has 1 aliphatic rings. The smallest absolute Gasteiger partial charge is 0.318 e. The van der Waals surface area contributed by atoms with Crippen molar-refractivity contribution in [3.05, 3.63) is 30.3 Å². The zero-order valence-corrected chi connectivity index (χ0v) is 16.8. The zero-order valence-electron chi connectivity index (χ0n) is 16.8. The van der Waals surface area contributed by atoms with E-state index < -0.39 is 0 Å². The van der Waals surface area contributed by atoms with Gasteiger partial charge in [-0.15, -0.1) is 0 Å². The Bertz CT molecular complexity index is 565. The standard InChI is InChI=1S/C22H34N2O2/c1-5-12-19-20(25)24(18-13-10-9-11-14-18)21(26)23(17-8-4)22(19,15-6-2)16-7-3/h9-11,13-14,19H,5-8,12,15-17H2,1-4H3. The van der Waals surface area contributed by atoms with Crippen LogP contribution in [-0.4, -0.2) is 28.9 Å². The minimum atomic E-state index is -0.338. The van der Waals surface area contributed by atoms with Gasteiger partial charge in [-0.1, -0.05) is 65.2 Å². The first-order valence-electron chi connectivity index (χ1n) is 10.3. The third-order valence-corrected chi connectivity index (χ3v) is 5.53. The zero-order chi connectivity index (χ0) is 19.2. The van der Waals surface area contributed by atoms with E-state index in [1.165, 1.54) is 4.90 Å². The molecule has 1 saturated heterocycles. The number of carbonyl (C=O) groups is 2. The normalized spacial score (nSPS) is 19.9. The van der Waals surface area contributed by atoms with Crippen LogP contribution in [0.5, 0.6) is 0 Å². The second-order valence-electron chi connectivity index (χ2n) is 7.39. The lowest BCUT2D eigenvalue weighted by Gasteiger charge is -2.54. The van der Waals surface area contributed by atoms with Crippen molar-refractivity contribution in [3.8, 4) is 0 Å². The number of anilines is 1. The van der Waals surface area contributed by atoms with E-state index in [9.17, 15) is 9.59 Å². The second-order valence-corrected chi connectivity index (χ2v) is 7.39. The topological polar surface area (TPSA) is 40.6 Å². The molecule has 0 bridgehead atoms. The van der Waals surface area contributed by atoms with Crippen LogP contribution >= 0.6 is 0 Å². The number of amides is 3. The molecule has 3 amide bonds. The number of nitrogens with zero attached hydrogens (tertiary/aromatic N) is 2. The number of carbonyl (C=O) groups excluding carboxylic acids is 2. The Morgan fingerprint density at radius 3 is 2.00 bits per heavy atom. The molecule has 0 aromatic heterocycles. The van der Waals surface area contributed by atoms with Crippen LogP contribution < -0.4 is 4.90 Å². The lowest BCUT2D eigenvalue weighted by molar-refractivity contribution is -0.130. The summed E-state index contributed by atoms with van der Waals surface area (Å²) >= 11 is 0. The van der Waals surface area contributed by atoms with E-state index in [2.05, 4.69) is 27.7 Å². The van der Waals surface area contributed by atoms with Crippen molar-refractivity contribution in [1.29, 1.82) is 0 Å². The molecule has 0 spiro atoms. The average molecular weight is 359 g/mol. The minimum Gasteiger partial charge on any atom is -0.318 e. The van der Waals surface area contributed by atoms with Gasteiger partial charge in [-0.25, -0.2) is 9.69 Å². The molecule has 2 rings (SSSR count). The van der Waals surface area contributed by atoms with E-state index in [1.54, 1.807) is 0 Å². The van der Waals surface area contributed by atoms with Crippen LogP contribution in [0.1, 0.15) is 72.6 Å². The monoisotopic (exact) mass is 358 g/mol. The van der Waals surface area contributed by atoms with Crippen molar-refractivity contribution >= 4 is 17.6 Å². The molecular formula is C22H34N2O2. The summed E-state index contributed by atoms with van der Waals surface area (Å²) in [5.41, 5.74) is 0.348. The van der Waals surface area contributed by atoms with E-state index in [4.69, 9.17) is 0 Å². The predicted molar refractivity (Wildman–Crippen MR) is 107 cm³/mol. The number of hydrogen-bond acceptors (Lipinski definition) is 2. The van der Waals surface area contributed by atoms with Crippen LogP contribution in [0.2, 0.25) is 0 Å². The summed E-state index contributed by atoms with van der Waals surface area (Å²) in [6.45, 7) is 9.25. The largest absolute Gasteiger partial charge is 0.331 e. The number of hydrogen-bond donors (Lipinski definition) is 0. The molecule has 0 aliphatic carbocycles. The van der Waals surface area contributed by atoms with Gasteiger partial charge in [-0.05, 0) is 37.8 Å². The van der Waals surface area contributed by atoms with Gasteiger partial charge >= 0.3 is 6.03 Å². The minimum absolute atomic E-state index is 0.0164. The summed E-state index contributed by atoms with van der Waals surface area (Å²) in [7, 11) is 0. The second kappa shape index (κ2) is 9.20. The summed E-state index contributed by atoms with van der Waals surface area (Å²) in [4.78, 5) is 30.5. The van der Waals surface area contributed by atoms with Crippen LogP contribution in [0.15, 0.2) is 30.3 Å². The van der Waals surface area contributed by atoms with Crippen LogP contribution in [0, 0.1) is 5.92 Å². The Morgan fingerprint density at radius 2 is 1.50 bits per heavy atom. The molecule has 1 fully saturated rings. The average Bonchev–Trinajstić information content (AvgIpc) is 2.64. The Hall–Kier alpha value is -1.84. The predicted octanol–water partition coefficient (Wildman–Crippen LogP) is 5.62. The highest BCUT2D eigenvalue weighted by molar-refractivity contribution is 6.17. The first kappa shape index (κ1) is 20.5. The van der Waals surface area contributed by atoms with Gasteiger partial charge in [-0.3, -0.25) is 4.79 Å². The van der Waals surface area contributed by atoms with Crippen molar-refractivity contribution in [2.75, 3.05) is 11.4 Å². The van der Waals surface area contributed by atoms with Crippen LogP contribution in [-0.2, 0) is 4.79 Å². The third kappa shape index (κ3) is 3.65. The fourth-order valence-corrected chi connectivity index (χ4v) is 4.63. The molecule has 1 unspecified atom stereocenters. The number of imide groups is 1. The van der Waals surface area contributed by atoms with E-state index >= 15 is 0 Å². The van der Waals surface area contributed by atoms with E-state index in [-0.39, 0.29) is 23.4 Å². The van der Waals surface area contributed by atoms with Gasteiger partial charge in [0.15, 0.2) is 0 Å². The Kier molecular flexibility index (Phi) is 7.24. The molecule has 4 nitrogen and oxygen atoms in total.